The van der Waals surface area contributed by atoms with Crippen LogP contribution in [0.5, 0.6) is 17.2 Å². The van der Waals surface area contributed by atoms with E-state index in [1.54, 1.807) is 20.1 Å². The number of aromatic nitrogens is 1. The van der Waals surface area contributed by atoms with Gasteiger partial charge in [-0.3, -0.25) is 19.4 Å². The number of hydrogen-bond donors (Lipinski definition) is 5. The molecule has 0 saturated carbocycles. The zero-order valence-corrected chi connectivity index (χ0v) is 43.0. The fourth-order valence-electron chi connectivity index (χ4n) is 10.7. The number of methoxy groups -OCH3 is 2. The average molecular weight is 1050 g/mol. The summed E-state index contributed by atoms with van der Waals surface area (Å²) >= 11 is 0. The van der Waals surface area contributed by atoms with Crippen molar-refractivity contribution in [2.75, 3.05) is 53.8 Å². The molecular weight excluding hydrogens is 984 g/mol. The van der Waals surface area contributed by atoms with E-state index in [0.717, 1.165) is 109 Å². The number of likely N-dealkylation sites (tertiary alicyclic amines) is 1. The van der Waals surface area contributed by atoms with Gasteiger partial charge in [0.1, 0.15) is 11.6 Å². The highest BCUT2D eigenvalue weighted by Gasteiger charge is 2.49. The maximum Gasteiger partial charge on any atom is 0.319 e. The summed E-state index contributed by atoms with van der Waals surface area (Å²) in [6.07, 6.45) is 5.75. The zero-order valence-electron chi connectivity index (χ0n) is 43.0. The third-order valence-corrected chi connectivity index (χ3v) is 14.7. The van der Waals surface area contributed by atoms with Crippen LogP contribution in [0.15, 0.2) is 102 Å². The van der Waals surface area contributed by atoms with Gasteiger partial charge in [0.2, 0.25) is 6.79 Å². The summed E-state index contributed by atoms with van der Waals surface area (Å²) in [4.78, 5) is 57.6. The van der Waals surface area contributed by atoms with Gasteiger partial charge in [-0.05, 0) is 152 Å². The van der Waals surface area contributed by atoms with Crippen LogP contribution in [-0.2, 0) is 32.0 Å². The Labute approximate surface area is 439 Å². The number of fused-ring (bicyclic) bond motifs is 2. The summed E-state index contributed by atoms with van der Waals surface area (Å²) in [6.45, 7) is 6.93. The molecule has 18 heteroatoms. The Hall–Kier alpha value is -7.44. The van der Waals surface area contributed by atoms with E-state index in [9.17, 15) is 42.6 Å². The van der Waals surface area contributed by atoms with Crippen LogP contribution in [0.1, 0.15) is 115 Å². The first-order chi connectivity index (χ1) is 36.7. The lowest BCUT2D eigenvalue weighted by atomic mass is 9.78. The van der Waals surface area contributed by atoms with Crippen molar-refractivity contribution in [2.45, 2.75) is 82.6 Å². The summed E-state index contributed by atoms with van der Waals surface area (Å²) in [5, 5.41) is 28.5. The maximum absolute atomic E-state index is 13.9. The number of hydrogen-bond acceptors (Lipinski definition) is 10. The standard InChI is InChI=1S/C31H33NO7.C27H31F3N4O3/c1-4-5-6-20-8-10-23-26(18-7-12-24-25(15-18)39-16-38-24)28(31(35)36)27(29(23)32-20)22-11-9-21(37-3)14-19(22)13-17(2)30(33)34;1-37-16-23-24(25(33-27(36)32-23)19-5-8-21(29)22(30)15-19)26(35)31-11-2-12-34-13-9-18(10-14-34)17-3-6-20(28)7-4-17/h7-12,14-15,17,26-28H,4-6,13,16H2,1-3H3,(H,33,34)(H,35,36);3-8,15,18,25H,2,9-14,16H2,1H3,(H,31,35)(H2,32,33,36)/t17-,26-,27-,28+;/m0./s1. The van der Waals surface area contributed by atoms with Gasteiger partial charge in [-0.15, -0.1) is 0 Å². The topological polar surface area (TPSA) is 198 Å². The summed E-state index contributed by atoms with van der Waals surface area (Å²) < 4.78 is 62.3. The third-order valence-electron chi connectivity index (χ3n) is 14.7. The number of piperidine rings is 1. The monoisotopic (exact) mass is 1050 g/mol. The quantitative estimate of drug-likeness (QED) is 0.0493. The van der Waals surface area contributed by atoms with Gasteiger partial charge >= 0.3 is 18.0 Å². The Morgan fingerprint density at radius 1 is 0.842 bits per heavy atom. The number of carboxylic acids is 2. The minimum absolute atomic E-state index is 0.0284. The van der Waals surface area contributed by atoms with Gasteiger partial charge in [-0.25, -0.2) is 18.0 Å². The van der Waals surface area contributed by atoms with Gasteiger partial charge in [-0.2, -0.15) is 0 Å². The number of ether oxygens (including phenoxy) is 4. The number of aliphatic carboxylic acids is 2. The second-order valence-corrected chi connectivity index (χ2v) is 19.6. The van der Waals surface area contributed by atoms with Gasteiger partial charge in [0.15, 0.2) is 23.1 Å². The highest BCUT2D eigenvalue weighted by Crippen LogP contribution is 2.54. The Morgan fingerprint density at radius 3 is 2.26 bits per heavy atom. The molecule has 1 saturated heterocycles. The summed E-state index contributed by atoms with van der Waals surface area (Å²) in [6, 6.07) is 23.5. The van der Waals surface area contributed by atoms with E-state index >= 15 is 0 Å². The number of pyridine rings is 1. The number of carboxylic acid groups (broad SMARTS) is 2. The molecule has 0 spiro atoms. The Morgan fingerprint density at radius 2 is 1.57 bits per heavy atom. The van der Waals surface area contributed by atoms with E-state index in [1.165, 1.54) is 25.3 Å². The lowest BCUT2D eigenvalue weighted by Crippen LogP contribution is -2.48. The van der Waals surface area contributed by atoms with E-state index in [-0.39, 0.29) is 42.5 Å². The van der Waals surface area contributed by atoms with Crippen molar-refractivity contribution in [2.24, 2.45) is 11.8 Å². The van der Waals surface area contributed by atoms with Crippen LogP contribution in [0.4, 0.5) is 18.0 Å². The second kappa shape index (κ2) is 24.9. The highest BCUT2D eigenvalue weighted by molar-refractivity contribution is 5.98. The number of benzene rings is 4. The lowest BCUT2D eigenvalue weighted by molar-refractivity contribution is -0.143. The predicted octanol–water partition coefficient (Wildman–Crippen LogP) is 9.15. The molecule has 402 valence electrons. The molecule has 1 fully saturated rings. The van der Waals surface area contributed by atoms with Crippen molar-refractivity contribution >= 4 is 23.9 Å². The molecule has 0 bridgehead atoms. The van der Waals surface area contributed by atoms with Crippen LogP contribution in [0.25, 0.3) is 0 Å². The highest BCUT2D eigenvalue weighted by atomic mass is 19.2. The molecule has 3 amide bonds. The maximum atomic E-state index is 13.9. The molecule has 1 aliphatic carbocycles. The molecule has 4 aliphatic rings. The lowest BCUT2D eigenvalue weighted by Gasteiger charge is -2.32. The van der Waals surface area contributed by atoms with Crippen molar-refractivity contribution in [1.29, 1.82) is 0 Å². The number of carbonyl (C=O) groups excluding carboxylic acids is 2. The van der Waals surface area contributed by atoms with Crippen LogP contribution in [0, 0.1) is 29.3 Å². The number of amides is 3. The number of rotatable bonds is 19. The number of aryl methyl sites for hydroxylation is 1. The fraction of sp³-hybridized carbons (Fsp3) is 0.397. The average Bonchev–Trinajstić information content (AvgIpc) is 4.12. The third kappa shape index (κ3) is 12.6. The first-order valence-electron chi connectivity index (χ1n) is 25.7. The summed E-state index contributed by atoms with van der Waals surface area (Å²) in [5.41, 5.74) is 6.70. The van der Waals surface area contributed by atoms with Gasteiger partial charge in [0.05, 0.1) is 48.6 Å². The van der Waals surface area contributed by atoms with Gasteiger partial charge in [-0.1, -0.05) is 56.7 Å². The number of urea groups is 1. The normalized spacial score (nSPS) is 19.4. The zero-order chi connectivity index (χ0) is 54.0. The van der Waals surface area contributed by atoms with Gasteiger partial charge in [0.25, 0.3) is 5.91 Å². The molecule has 9 rings (SSSR count). The van der Waals surface area contributed by atoms with Crippen LogP contribution in [0.3, 0.4) is 0 Å². The SMILES string of the molecule is CCCCc1ccc2c(n1)[C@@H](c1ccc(OC)cc1C[C@H](C)C(=O)O)[C@H](C(=O)O)[C@H]2c1ccc2c(c1)OCO2.COCC1=C(C(=O)NCCCN2CCC(c3ccc(F)cc3)CC2)C(c2ccc(F)c(F)c2)NC(=O)N1. The van der Waals surface area contributed by atoms with E-state index in [4.69, 9.17) is 23.9 Å². The molecule has 3 aliphatic heterocycles. The van der Waals surface area contributed by atoms with Crippen molar-refractivity contribution in [3.63, 3.8) is 0 Å². The van der Waals surface area contributed by atoms with Crippen molar-refractivity contribution < 1.29 is 61.5 Å². The van der Waals surface area contributed by atoms with Crippen molar-refractivity contribution in [1.82, 2.24) is 25.8 Å². The van der Waals surface area contributed by atoms with Gasteiger partial charge in [0, 0.05) is 31.2 Å². The van der Waals surface area contributed by atoms with Crippen LogP contribution in [0.2, 0.25) is 0 Å². The molecule has 5 aromatic rings. The number of nitrogens with zero attached hydrogens (tertiary/aromatic N) is 2. The molecule has 5 N–H and O–H groups in total. The smallest absolute Gasteiger partial charge is 0.319 e. The molecule has 15 nitrogen and oxygen atoms in total. The Bertz CT molecular complexity index is 2950. The Balaban J connectivity index is 0.000000202. The Kier molecular flexibility index (Phi) is 18.0. The van der Waals surface area contributed by atoms with Crippen LogP contribution in [-0.4, -0.2) is 97.8 Å². The number of unbranched alkanes of at least 4 members (excludes halogenated alkanes) is 1. The number of halogens is 3. The molecule has 0 radical (unpaired) electrons. The predicted molar refractivity (Wildman–Crippen MR) is 276 cm³/mol. The van der Waals surface area contributed by atoms with E-state index in [0.29, 0.717) is 29.7 Å². The second-order valence-electron chi connectivity index (χ2n) is 19.6. The van der Waals surface area contributed by atoms with Crippen LogP contribution >= 0.6 is 0 Å². The summed E-state index contributed by atoms with van der Waals surface area (Å²) in [7, 11) is 2.99. The minimum atomic E-state index is -1.07. The fourth-order valence-corrected chi connectivity index (χ4v) is 10.7. The van der Waals surface area contributed by atoms with E-state index in [2.05, 4.69) is 27.8 Å². The number of carbonyl (C=O) groups is 4. The first kappa shape index (κ1) is 54.8. The van der Waals surface area contributed by atoms with E-state index in [1.807, 2.05) is 54.6 Å². The molecule has 1 unspecified atom stereocenters. The molecule has 5 atom stereocenters. The number of nitrogens with one attached hydrogen (secondary N) is 3. The van der Waals surface area contributed by atoms with E-state index < -0.39 is 65.2 Å². The van der Waals surface area contributed by atoms with Gasteiger partial charge < -0.3 is 50.0 Å². The molecule has 4 heterocycles. The molecule has 4 aromatic carbocycles. The minimum Gasteiger partial charge on any atom is -0.497 e. The molecule has 1 aromatic heterocycles. The van der Waals surface area contributed by atoms with Crippen LogP contribution < -0.4 is 30.2 Å². The van der Waals surface area contributed by atoms with Crippen molar-refractivity contribution in [3.05, 3.63) is 164 Å². The van der Waals surface area contributed by atoms with Crippen molar-refractivity contribution in [3.8, 4) is 17.2 Å². The largest absolute Gasteiger partial charge is 0.497 e. The molecular formula is C58H64F3N5O10. The summed E-state index contributed by atoms with van der Waals surface area (Å²) in [5.74, 6) is -4.92. The molecule has 76 heavy (non-hydrogen) atoms. The first-order valence-corrected chi connectivity index (χ1v) is 25.7.